The smallest absolute Gasteiger partial charge is 0.399 e. The van der Waals surface area contributed by atoms with Gasteiger partial charge in [-0.15, -0.1) is 0 Å². The first-order chi connectivity index (χ1) is 11.3. The van der Waals surface area contributed by atoms with Gasteiger partial charge in [-0.2, -0.15) is 0 Å². The predicted octanol–water partition coefficient (Wildman–Crippen LogP) is 5.36. The molecular weight excluding hydrogens is 307 g/mol. The second kappa shape index (κ2) is 6.42. The molecule has 0 bridgehead atoms. The predicted molar refractivity (Wildman–Crippen MR) is 109 cm³/mol. The van der Waals surface area contributed by atoms with Crippen LogP contribution in [0.5, 0.6) is 0 Å². The van der Waals surface area contributed by atoms with Crippen LogP contribution in [0.4, 0.5) is 0 Å². The van der Waals surface area contributed by atoms with Crippen molar-refractivity contribution in [2.45, 2.75) is 104 Å². The lowest BCUT2D eigenvalue weighted by Crippen LogP contribution is -2.41. The van der Waals surface area contributed by atoms with Gasteiger partial charge >= 0.3 is 7.12 Å². The lowest BCUT2D eigenvalue weighted by molar-refractivity contribution is 0.00578. The van der Waals surface area contributed by atoms with Crippen molar-refractivity contribution in [2.75, 3.05) is 0 Å². The zero-order valence-electron chi connectivity index (χ0n) is 18.0. The van der Waals surface area contributed by atoms with Gasteiger partial charge < -0.3 is 9.31 Å². The van der Waals surface area contributed by atoms with E-state index >= 15 is 0 Å². The molecule has 25 heavy (non-hydrogen) atoms. The topological polar surface area (TPSA) is 18.5 Å². The van der Waals surface area contributed by atoms with Crippen LogP contribution in [-0.2, 0) is 20.1 Å². The quantitative estimate of drug-likeness (QED) is 0.670. The lowest BCUT2D eigenvalue weighted by atomic mass is 9.68. The van der Waals surface area contributed by atoms with E-state index in [0.29, 0.717) is 0 Å². The molecule has 1 fully saturated rings. The largest absolute Gasteiger partial charge is 0.494 e. The second-order valence-corrected chi connectivity index (χ2v) is 9.87. The number of hydrogen-bond acceptors (Lipinski definition) is 2. The van der Waals surface area contributed by atoms with Gasteiger partial charge in [0, 0.05) is 0 Å². The Morgan fingerprint density at radius 3 is 1.68 bits per heavy atom. The van der Waals surface area contributed by atoms with E-state index in [0.717, 1.165) is 18.3 Å². The van der Waals surface area contributed by atoms with E-state index in [9.17, 15) is 0 Å². The Morgan fingerprint density at radius 2 is 1.24 bits per heavy atom. The molecule has 2 nitrogen and oxygen atoms in total. The van der Waals surface area contributed by atoms with Crippen molar-refractivity contribution in [3.8, 4) is 0 Å². The molecule has 0 aliphatic carbocycles. The van der Waals surface area contributed by atoms with E-state index in [-0.39, 0.29) is 29.2 Å². The zero-order valence-corrected chi connectivity index (χ0v) is 18.0. The molecule has 0 radical (unpaired) electrons. The third-order valence-electron chi connectivity index (χ3n) is 6.80. The molecule has 1 heterocycles. The van der Waals surface area contributed by atoms with Crippen LogP contribution in [0.2, 0.25) is 0 Å². The van der Waals surface area contributed by atoms with E-state index < -0.39 is 0 Å². The van der Waals surface area contributed by atoms with E-state index in [1.165, 1.54) is 11.1 Å². The standard InChI is InChI=1S/C22H37BO2/c1-11-19(3,4)17-14-13-16(15-18(17)20(5,6)12-2)23-24-21(7,8)22(9,10)25-23/h13-15H,11-12H2,1-10H3. The summed E-state index contributed by atoms with van der Waals surface area (Å²) >= 11 is 0. The highest BCUT2D eigenvalue weighted by atomic mass is 16.7. The second-order valence-electron chi connectivity index (χ2n) is 9.87. The highest BCUT2D eigenvalue weighted by molar-refractivity contribution is 6.62. The van der Waals surface area contributed by atoms with E-state index in [2.05, 4.69) is 87.4 Å². The lowest BCUT2D eigenvalue weighted by Gasteiger charge is -2.34. The van der Waals surface area contributed by atoms with Gasteiger partial charge in [-0.1, -0.05) is 59.7 Å². The molecule has 0 aromatic heterocycles. The summed E-state index contributed by atoms with van der Waals surface area (Å²) in [6, 6.07) is 6.83. The minimum atomic E-state index is -0.306. The van der Waals surface area contributed by atoms with Crippen LogP contribution in [0.1, 0.15) is 93.2 Å². The fraction of sp³-hybridized carbons (Fsp3) is 0.727. The van der Waals surface area contributed by atoms with Crippen molar-refractivity contribution in [1.29, 1.82) is 0 Å². The molecular formula is C22H37BO2. The van der Waals surface area contributed by atoms with Gasteiger partial charge in [0.1, 0.15) is 0 Å². The van der Waals surface area contributed by atoms with Crippen LogP contribution in [0.3, 0.4) is 0 Å². The summed E-state index contributed by atoms with van der Waals surface area (Å²) in [6.45, 7) is 22.3. The molecule has 1 aromatic carbocycles. The van der Waals surface area contributed by atoms with Crippen LogP contribution < -0.4 is 5.46 Å². The van der Waals surface area contributed by atoms with Crippen LogP contribution in [0.25, 0.3) is 0 Å². The molecule has 1 saturated heterocycles. The van der Waals surface area contributed by atoms with Crippen molar-refractivity contribution in [1.82, 2.24) is 0 Å². The van der Waals surface area contributed by atoms with Gasteiger partial charge in [0.05, 0.1) is 11.2 Å². The third-order valence-corrected chi connectivity index (χ3v) is 6.80. The zero-order chi connectivity index (χ0) is 19.3. The van der Waals surface area contributed by atoms with Crippen molar-refractivity contribution in [2.24, 2.45) is 0 Å². The molecule has 3 heteroatoms. The molecule has 0 atom stereocenters. The van der Waals surface area contributed by atoms with Gasteiger partial charge in [0.25, 0.3) is 0 Å². The Balaban J connectivity index is 2.52. The number of benzene rings is 1. The summed E-state index contributed by atoms with van der Waals surface area (Å²) in [5.74, 6) is 0. The molecule has 0 saturated carbocycles. The maximum atomic E-state index is 6.28. The van der Waals surface area contributed by atoms with Crippen LogP contribution >= 0.6 is 0 Å². The van der Waals surface area contributed by atoms with Crippen molar-refractivity contribution in [3.05, 3.63) is 29.3 Å². The average molecular weight is 344 g/mol. The fourth-order valence-electron chi connectivity index (χ4n) is 3.22. The van der Waals surface area contributed by atoms with Crippen LogP contribution in [0, 0.1) is 0 Å². The van der Waals surface area contributed by atoms with Crippen molar-refractivity contribution in [3.63, 3.8) is 0 Å². The molecule has 1 aliphatic heterocycles. The maximum Gasteiger partial charge on any atom is 0.494 e. The van der Waals surface area contributed by atoms with E-state index in [4.69, 9.17) is 9.31 Å². The highest BCUT2D eigenvalue weighted by Gasteiger charge is 2.52. The summed E-state index contributed by atoms with van der Waals surface area (Å²) in [5, 5.41) is 0. The Labute approximate surface area is 155 Å². The first-order valence-electron chi connectivity index (χ1n) is 9.78. The van der Waals surface area contributed by atoms with E-state index in [1.54, 1.807) is 0 Å². The molecule has 0 amide bonds. The van der Waals surface area contributed by atoms with Gasteiger partial charge in [-0.05, 0) is 68.0 Å². The Morgan fingerprint density at radius 1 is 0.800 bits per heavy atom. The molecule has 140 valence electrons. The third kappa shape index (κ3) is 3.69. The molecule has 0 unspecified atom stereocenters. The summed E-state index contributed by atoms with van der Waals surface area (Å²) < 4.78 is 12.6. The Kier molecular flexibility index (Phi) is 5.27. The summed E-state index contributed by atoms with van der Waals surface area (Å²) in [4.78, 5) is 0. The van der Waals surface area contributed by atoms with Gasteiger partial charge in [-0.25, -0.2) is 0 Å². The van der Waals surface area contributed by atoms with Gasteiger partial charge in [0.15, 0.2) is 0 Å². The normalized spacial score (nSPS) is 20.2. The first-order valence-corrected chi connectivity index (χ1v) is 9.78. The Hall–Kier alpha value is -0.795. The van der Waals surface area contributed by atoms with Gasteiger partial charge in [-0.3, -0.25) is 0 Å². The van der Waals surface area contributed by atoms with Crippen LogP contribution in [-0.4, -0.2) is 18.3 Å². The first kappa shape index (κ1) is 20.5. The maximum absolute atomic E-state index is 6.28. The molecule has 1 aliphatic rings. The van der Waals surface area contributed by atoms with Crippen molar-refractivity contribution >= 4 is 12.6 Å². The highest BCUT2D eigenvalue weighted by Crippen LogP contribution is 2.39. The SMILES string of the molecule is CCC(C)(C)c1ccc(B2OC(C)(C)C(C)(C)O2)cc1C(C)(C)CC. The molecule has 0 N–H and O–H groups in total. The Bertz CT molecular complexity index is 613. The van der Waals surface area contributed by atoms with Crippen LogP contribution in [0.15, 0.2) is 18.2 Å². The van der Waals surface area contributed by atoms with Gasteiger partial charge in [0.2, 0.25) is 0 Å². The monoisotopic (exact) mass is 344 g/mol. The summed E-state index contributed by atoms with van der Waals surface area (Å²) in [7, 11) is -0.296. The average Bonchev–Trinajstić information content (AvgIpc) is 2.75. The summed E-state index contributed by atoms with van der Waals surface area (Å²) in [6.07, 6.45) is 2.22. The molecule has 1 aromatic rings. The molecule has 2 rings (SSSR count). The number of hydrogen-bond donors (Lipinski definition) is 0. The number of rotatable bonds is 5. The molecule has 0 spiro atoms. The van der Waals surface area contributed by atoms with Crippen molar-refractivity contribution < 1.29 is 9.31 Å². The van der Waals surface area contributed by atoms with E-state index in [1.807, 2.05) is 0 Å². The minimum Gasteiger partial charge on any atom is -0.399 e. The fourth-order valence-corrected chi connectivity index (χ4v) is 3.22. The summed E-state index contributed by atoms with van der Waals surface area (Å²) in [5.41, 5.74) is 3.68. The minimum absolute atomic E-state index is 0.126.